The summed E-state index contributed by atoms with van der Waals surface area (Å²) in [5.74, 6) is 2.31. The molecule has 0 N–H and O–H groups in total. The molecule has 1 saturated carbocycles. The highest BCUT2D eigenvalue weighted by Crippen LogP contribution is 2.48. The van der Waals surface area contributed by atoms with Crippen LogP contribution in [0.4, 0.5) is 0 Å². The van der Waals surface area contributed by atoms with Gasteiger partial charge < -0.3 is 9.64 Å². The van der Waals surface area contributed by atoms with E-state index in [1.807, 2.05) is 5.57 Å². The Morgan fingerprint density at radius 1 is 1.00 bits per heavy atom. The first-order valence-corrected chi connectivity index (χ1v) is 9.37. The van der Waals surface area contributed by atoms with E-state index in [0.29, 0.717) is 12.2 Å². The van der Waals surface area contributed by atoms with Gasteiger partial charge in [-0.3, -0.25) is 0 Å². The molecule has 0 aromatic carbocycles. The van der Waals surface area contributed by atoms with Gasteiger partial charge in [0.2, 0.25) is 0 Å². The fourth-order valence-corrected chi connectivity index (χ4v) is 5.56. The zero-order valence-electron chi connectivity index (χ0n) is 13.6. The summed E-state index contributed by atoms with van der Waals surface area (Å²) in [6, 6.07) is 0. The van der Waals surface area contributed by atoms with Crippen LogP contribution in [-0.2, 0) is 4.74 Å². The zero-order valence-corrected chi connectivity index (χ0v) is 13.6. The van der Waals surface area contributed by atoms with E-state index < -0.39 is 0 Å². The number of likely N-dealkylation sites (tertiary alicyclic amines) is 1. The van der Waals surface area contributed by atoms with Gasteiger partial charge in [-0.15, -0.1) is 0 Å². The highest BCUT2D eigenvalue weighted by molar-refractivity contribution is 5.21. The standard InChI is InChI=1S/C19H31NO/c1-20-12-6-7-14(13-20)19-17-10-3-2-8-15(17)16-9-4-5-11-18(16)21-19/h8,14,16-19H,2-7,9-13H2,1H3/t14?,16-,17-,18+,19+/m1/s1. The minimum atomic E-state index is 0.527. The van der Waals surface area contributed by atoms with Crippen LogP contribution in [-0.4, -0.2) is 37.2 Å². The van der Waals surface area contributed by atoms with Crippen molar-refractivity contribution in [3.05, 3.63) is 11.6 Å². The number of piperidine rings is 1. The molecule has 0 spiro atoms. The maximum absolute atomic E-state index is 6.78. The first-order valence-electron chi connectivity index (χ1n) is 9.37. The van der Waals surface area contributed by atoms with E-state index >= 15 is 0 Å². The van der Waals surface area contributed by atoms with Crippen LogP contribution in [0.1, 0.15) is 57.8 Å². The molecule has 21 heavy (non-hydrogen) atoms. The summed E-state index contributed by atoms with van der Waals surface area (Å²) in [6.07, 6.45) is 16.1. The predicted octanol–water partition coefficient (Wildman–Crippen LogP) is 4.01. The van der Waals surface area contributed by atoms with Crippen LogP contribution < -0.4 is 0 Å². The second-order valence-electron chi connectivity index (χ2n) is 7.94. The maximum Gasteiger partial charge on any atom is 0.0684 e. The van der Waals surface area contributed by atoms with Crippen molar-refractivity contribution in [1.82, 2.24) is 4.90 Å². The van der Waals surface area contributed by atoms with Crippen LogP contribution in [0, 0.1) is 17.8 Å². The van der Waals surface area contributed by atoms with Gasteiger partial charge in [-0.2, -0.15) is 0 Å². The lowest BCUT2D eigenvalue weighted by Crippen LogP contribution is -2.51. The Bertz CT molecular complexity index is 404. The van der Waals surface area contributed by atoms with Crippen LogP contribution in [0.15, 0.2) is 11.6 Å². The molecule has 2 aliphatic carbocycles. The molecule has 4 rings (SSSR count). The van der Waals surface area contributed by atoms with Gasteiger partial charge in [0.15, 0.2) is 0 Å². The van der Waals surface area contributed by atoms with E-state index in [1.165, 1.54) is 70.9 Å². The van der Waals surface area contributed by atoms with Gasteiger partial charge in [0.1, 0.15) is 0 Å². The third-order valence-electron chi connectivity index (χ3n) is 6.51. The van der Waals surface area contributed by atoms with Crippen molar-refractivity contribution in [3.63, 3.8) is 0 Å². The Hall–Kier alpha value is -0.340. The quantitative estimate of drug-likeness (QED) is 0.676. The lowest BCUT2D eigenvalue weighted by molar-refractivity contribution is -0.134. The summed E-state index contributed by atoms with van der Waals surface area (Å²) in [4.78, 5) is 2.52. The van der Waals surface area contributed by atoms with Crippen molar-refractivity contribution in [2.24, 2.45) is 17.8 Å². The van der Waals surface area contributed by atoms with Crippen LogP contribution in [0.2, 0.25) is 0 Å². The fourth-order valence-electron chi connectivity index (χ4n) is 5.56. The number of hydrogen-bond acceptors (Lipinski definition) is 2. The number of allylic oxidation sites excluding steroid dienone is 1. The second-order valence-corrected chi connectivity index (χ2v) is 7.94. The molecular formula is C19H31NO. The van der Waals surface area contributed by atoms with Gasteiger partial charge in [0.05, 0.1) is 12.2 Å². The Kier molecular flexibility index (Phi) is 4.10. The molecule has 0 radical (unpaired) electrons. The van der Waals surface area contributed by atoms with Crippen molar-refractivity contribution in [1.29, 1.82) is 0 Å². The summed E-state index contributed by atoms with van der Waals surface area (Å²) in [5.41, 5.74) is 1.83. The molecular weight excluding hydrogens is 258 g/mol. The predicted molar refractivity (Wildman–Crippen MR) is 86.3 cm³/mol. The number of rotatable bonds is 1. The van der Waals surface area contributed by atoms with Crippen molar-refractivity contribution in [2.75, 3.05) is 20.1 Å². The molecule has 118 valence electrons. The molecule has 3 fully saturated rings. The molecule has 0 aromatic heterocycles. The summed E-state index contributed by atoms with van der Waals surface area (Å²) in [7, 11) is 2.29. The first kappa shape index (κ1) is 14.3. The number of nitrogens with zero attached hydrogens (tertiary/aromatic N) is 1. The van der Waals surface area contributed by atoms with Crippen molar-refractivity contribution in [2.45, 2.75) is 70.0 Å². The molecule has 2 aliphatic heterocycles. The molecule has 4 aliphatic rings. The van der Waals surface area contributed by atoms with Gasteiger partial charge in [-0.1, -0.05) is 24.5 Å². The van der Waals surface area contributed by atoms with E-state index in [9.17, 15) is 0 Å². The lowest BCUT2D eigenvalue weighted by Gasteiger charge is -2.51. The fraction of sp³-hybridized carbons (Fsp3) is 0.895. The van der Waals surface area contributed by atoms with Gasteiger partial charge in [0.25, 0.3) is 0 Å². The van der Waals surface area contributed by atoms with Crippen LogP contribution in [0.5, 0.6) is 0 Å². The van der Waals surface area contributed by atoms with Gasteiger partial charge in [-0.05, 0) is 64.5 Å². The van der Waals surface area contributed by atoms with Crippen LogP contribution in [0.3, 0.4) is 0 Å². The monoisotopic (exact) mass is 289 g/mol. The minimum Gasteiger partial charge on any atom is -0.373 e. The smallest absolute Gasteiger partial charge is 0.0684 e. The average Bonchev–Trinajstić information content (AvgIpc) is 2.54. The molecule has 2 saturated heterocycles. The maximum atomic E-state index is 6.78. The van der Waals surface area contributed by atoms with E-state index in [1.54, 1.807) is 0 Å². The SMILES string of the molecule is CN1CCCC([C@@H]2O[C@H]3CCCC[C@@H]3C3=CCCC[C@H]32)C1. The average molecular weight is 289 g/mol. The largest absolute Gasteiger partial charge is 0.373 e. The molecule has 2 heteroatoms. The van der Waals surface area contributed by atoms with Gasteiger partial charge in [0, 0.05) is 18.4 Å². The Labute approximate surface area is 129 Å². The third kappa shape index (κ3) is 2.70. The molecule has 0 amide bonds. The second kappa shape index (κ2) is 6.04. The number of ether oxygens (including phenoxy) is 1. The first-order chi connectivity index (χ1) is 10.3. The molecule has 0 bridgehead atoms. The molecule has 2 heterocycles. The van der Waals surface area contributed by atoms with Crippen molar-refractivity contribution < 1.29 is 4.74 Å². The van der Waals surface area contributed by atoms with Gasteiger partial charge in [-0.25, -0.2) is 0 Å². The minimum absolute atomic E-state index is 0.527. The summed E-state index contributed by atoms with van der Waals surface area (Å²) in [5, 5.41) is 0. The molecule has 2 nitrogen and oxygen atoms in total. The Balaban J connectivity index is 1.58. The van der Waals surface area contributed by atoms with E-state index in [-0.39, 0.29) is 0 Å². The zero-order chi connectivity index (χ0) is 14.2. The topological polar surface area (TPSA) is 12.5 Å². The highest BCUT2D eigenvalue weighted by Gasteiger charge is 2.45. The molecule has 1 unspecified atom stereocenters. The lowest BCUT2D eigenvalue weighted by atomic mass is 9.66. The van der Waals surface area contributed by atoms with Crippen LogP contribution >= 0.6 is 0 Å². The normalized spacial score (nSPS) is 44.6. The molecule has 5 atom stereocenters. The summed E-state index contributed by atoms with van der Waals surface area (Å²) < 4.78 is 6.78. The third-order valence-corrected chi connectivity index (χ3v) is 6.51. The Morgan fingerprint density at radius 2 is 1.86 bits per heavy atom. The van der Waals surface area contributed by atoms with Gasteiger partial charge >= 0.3 is 0 Å². The summed E-state index contributed by atoms with van der Waals surface area (Å²) in [6.45, 7) is 2.54. The Morgan fingerprint density at radius 3 is 2.76 bits per heavy atom. The van der Waals surface area contributed by atoms with Crippen LogP contribution in [0.25, 0.3) is 0 Å². The van der Waals surface area contributed by atoms with E-state index in [4.69, 9.17) is 4.74 Å². The molecule has 0 aromatic rings. The van der Waals surface area contributed by atoms with Crippen molar-refractivity contribution >= 4 is 0 Å². The highest BCUT2D eigenvalue weighted by atomic mass is 16.5. The van der Waals surface area contributed by atoms with Crippen molar-refractivity contribution in [3.8, 4) is 0 Å². The number of fused-ring (bicyclic) bond motifs is 3. The van der Waals surface area contributed by atoms with E-state index in [0.717, 1.165) is 17.8 Å². The number of hydrogen-bond donors (Lipinski definition) is 0. The van der Waals surface area contributed by atoms with E-state index in [2.05, 4.69) is 18.0 Å². The summed E-state index contributed by atoms with van der Waals surface area (Å²) >= 11 is 0.